The van der Waals surface area contributed by atoms with Crippen LogP contribution >= 0.6 is 0 Å². The third kappa shape index (κ3) is 2.45. The highest BCUT2D eigenvalue weighted by Crippen LogP contribution is 2.24. The molecule has 0 aliphatic rings. The predicted octanol–water partition coefficient (Wildman–Crippen LogP) is 2.39. The molecular formula is C14H18N4O. The van der Waals surface area contributed by atoms with Crippen molar-refractivity contribution in [1.29, 1.82) is 0 Å². The van der Waals surface area contributed by atoms with Gasteiger partial charge in [-0.25, -0.2) is 0 Å². The third-order valence-corrected chi connectivity index (χ3v) is 3.06. The van der Waals surface area contributed by atoms with Crippen LogP contribution in [0.4, 0.5) is 11.4 Å². The molecule has 2 rings (SSSR count). The van der Waals surface area contributed by atoms with Gasteiger partial charge in [-0.3, -0.25) is 9.89 Å². The summed E-state index contributed by atoms with van der Waals surface area (Å²) >= 11 is 0. The van der Waals surface area contributed by atoms with Crippen LogP contribution in [0, 0.1) is 0 Å². The highest BCUT2D eigenvalue weighted by atomic mass is 16.2. The number of H-pyrrole nitrogens is 1. The average Bonchev–Trinajstić information content (AvgIpc) is 2.80. The number of carbonyl (C=O) groups is 1. The van der Waals surface area contributed by atoms with Crippen molar-refractivity contribution < 1.29 is 4.79 Å². The fraction of sp³-hybridized carbons (Fsp3) is 0.286. The van der Waals surface area contributed by atoms with Gasteiger partial charge in [0.25, 0.3) is 5.91 Å². The molecule has 0 saturated heterocycles. The first-order valence-electron chi connectivity index (χ1n) is 6.19. The molecule has 0 fully saturated rings. The van der Waals surface area contributed by atoms with Crippen LogP contribution in [0.3, 0.4) is 0 Å². The number of carbonyl (C=O) groups excluding carboxylic acids is 1. The van der Waals surface area contributed by atoms with Crippen molar-refractivity contribution in [3.63, 3.8) is 0 Å². The number of aromatic amines is 1. The normalized spacial score (nSPS) is 10.7. The number of aromatic nitrogens is 2. The molecule has 5 heteroatoms. The summed E-state index contributed by atoms with van der Waals surface area (Å²) in [7, 11) is 1.71. The predicted molar refractivity (Wildman–Crippen MR) is 76.3 cm³/mol. The smallest absolute Gasteiger partial charge is 0.280 e. The van der Waals surface area contributed by atoms with Gasteiger partial charge in [-0.2, -0.15) is 5.10 Å². The lowest BCUT2D eigenvalue weighted by Gasteiger charge is -2.16. The molecule has 0 aliphatic heterocycles. The Hall–Kier alpha value is -2.30. The number of nitrogen functional groups attached to an aromatic ring is 1. The molecule has 1 aromatic carbocycles. The molecule has 1 aromatic heterocycles. The quantitative estimate of drug-likeness (QED) is 0.887. The second-order valence-electron chi connectivity index (χ2n) is 4.75. The number of nitrogens with zero attached hydrogens (tertiary/aromatic N) is 2. The third-order valence-electron chi connectivity index (χ3n) is 3.06. The molecule has 2 aromatic rings. The minimum atomic E-state index is -0.216. The standard InChI is InChI=1S/C14H18N4O/c1-9(2)12-11(15)13(17-16-12)14(19)18(3)10-7-5-4-6-8-10/h4-9H,15H2,1-3H3,(H,16,17). The van der Waals surface area contributed by atoms with Gasteiger partial charge >= 0.3 is 0 Å². The van der Waals surface area contributed by atoms with Crippen molar-refractivity contribution in [2.45, 2.75) is 19.8 Å². The molecule has 0 atom stereocenters. The van der Waals surface area contributed by atoms with Gasteiger partial charge in [-0.1, -0.05) is 32.0 Å². The van der Waals surface area contributed by atoms with Gasteiger partial charge in [0.15, 0.2) is 5.69 Å². The Morgan fingerprint density at radius 1 is 1.32 bits per heavy atom. The fourth-order valence-corrected chi connectivity index (χ4v) is 1.89. The van der Waals surface area contributed by atoms with Gasteiger partial charge < -0.3 is 10.6 Å². The van der Waals surface area contributed by atoms with Crippen molar-refractivity contribution in [3.05, 3.63) is 41.7 Å². The molecule has 0 bridgehead atoms. The zero-order chi connectivity index (χ0) is 14.0. The van der Waals surface area contributed by atoms with E-state index in [1.807, 2.05) is 44.2 Å². The number of rotatable bonds is 3. The number of benzene rings is 1. The molecule has 0 saturated carbocycles. The van der Waals surface area contributed by atoms with Gasteiger partial charge in [0.2, 0.25) is 0 Å². The number of hydrogen-bond acceptors (Lipinski definition) is 3. The molecule has 5 nitrogen and oxygen atoms in total. The second-order valence-corrected chi connectivity index (χ2v) is 4.75. The van der Waals surface area contributed by atoms with E-state index < -0.39 is 0 Å². The number of para-hydroxylation sites is 1. The summed E-state index contributed by atoms with van der Waals surface area (Å²) in [5, 5.41) is 6.88. The van der Waals surface area contributed by atoms with Crippen molar-refractivity contribution in [3.8, 4) is 0 Å². The van der Waals surface area contributed by atoms with E-state index in [-0.39, 0.29) is 17.5 Å². The molecule has 0 unspecified atom stereocenters. The summed E-state index contributed by atoms with van der Waals surface area (Å²) in [6, 6.07) is 9.40. The maximum absolute atomic E-state index is 12.4. The molecule has 1 heterocycles. The largest absolute Gasteiger partial charge is 0.395 e. The van der Waals surface area contributed by atoms with Crippen LogP contribution in [0.1, 0.15) is 35.9 Å². The van der Waals surface area contributed by atoms with Crippen LogP contribution in [-0.4, -0.2) is 23.2 Å². The molecule has 1 amide bonds. The summed E-state index contributed by atoms with van der Waals surface area (Å²) < 4.78 is 0. The van der Waals surface area contributed by atoms with Gasteiger partial charge in [0.1, 0.15) is 0 Å². The lowest BCUT2D eigenvalue weighted by atomic mass is 10.1. The molecule has 0 spiro atoms. The summed E-state index contributed by atoms with van der Waals surface area (Å²) in [6.45, 7) is 4.00. The Morgan fingerprint density at radius 3 is 2.47 bits per heavy atom. The monoisotopic (exact) mass is 258 g/mol. The van der Waals surface area contributed by atoms with Crippen LogP contribution in [0.2, 0.25) is 0 Å². The zero-order valence-electron chi connectivity index (χ0n) is 11.3. The maximum Gasteiger partial charge on any atom is 0.280 e. The van der Waals surface area contributed by atoms with E-state index in [0.717, 1.165) is 11.4 Å². The van der Waals surface area contributed by atoms with E-state index in [0.29, 0.717) is 5.69 Å². The van der Waals surface area contributed by atoms with Crippen molar-refractivity contribution in [2.75, 3.05) is 17.7 Å². The summed E-state index contributed by atoms with van der Waals surface area (Å²) in [6.07, 6.45) is 0. The van der Waals surface area contributed by atoms with Crippen molar-refractivity contribution >= 4 is 17.3 Å². The van der Waals surface area contributed by atoms with E-state index in [1.165, 1.54) is 4.90 Å². The topological polar surface area (TPSA) is 75.0 Å². The highest BCUT2D eigenvalue weighted by molar-refractivity contribution is 6.07. The van der Waals surface area contributed by atoms with Gasteiger partial charge in [-0.05, 0) is 18.1 Å². The van der Waals surface area contributed by atoms with E-state index in [2.05, 4.69) is 10.2 Å². The number of nitrogens with two attached hydrogens (primary N) is 1. The van der Waals surface area contributed by atoms with Gasteiger partial charge in [0, 0.05) is 12.7 Å². The first-order chi connectivity index (χ1) is 9.02. The zero-order valence-corrected chi connectivity index (χ0v) is 11.3. The Kier molecular flexibility index (Phi) is 3.55. The van der Waals surface area contributed by atoms with Crippen molar-refractivity contribution in [2.24, 2.45) is 0 Å². The minimum absolute atomic E-state index is 0.205. The molecule has 0 aliphatic carbocycles. The van der Waals surface area contributed by atoms with Crippen LogP contribution < -0.4 is 10.6 Å². The van der Waals surface area contributed by atoms with Crippen LogP contribution in [0.5, 0.6) is 0 Å². The number of anilines is 2. The number of hydrogen-bond donors (Lipinski definition) is 2. The maximum atomic E-state index is 12.4. The van der Waals surface area contributed by atoms with Crippen LogP contribution in [0.25, 0.3) is 0 Å². The van der Waals surface area contributed by atoms with Crippen LogP contribution in [-0.2, 0) is 0 Å². The molecule has 3 N–H and O–H groups in total. The number of amides is 1. The highest BCUT2D eigenvalue weighted by Gasteiger charge is 2.22. The Bertz CT molecular complexity index is 574. The first-order valence-corrected chi connectivity index (χ1v) is 6.19. The van der Waals surface area contributed by atoms with Crippen LogP contribution in [0.15, 0.2) is 30.3 Å². The lowest BCUT2D eigenvalue weighted by Crippen LogP contribution is -2.27. The Morgan fingerprint density at radius 2 is 1.95 bits per heavy atom. The average molecular weight is 258 g/mol. The summed E-state index contributed by atoms with van der Waals surface area (Å²) in [5.74, 6) is -0.0112. The van der Waals surface area contributed by atoms with E-state index in [9.17, 15) is 4.79 Å². The fourth-order valence-electron chi connectivity index (χ4n) is 1.89. The molecular weight excluding hydrogens is 240 g/mol. The minimum Gasteiger partial charge on any atom is -0.395 e. The SMILES string of the molecule is CC(C)c1[nH]nc(C(=O)N(C)c2ccccc2)c1N. The van der Waals surface area contributed by atoms with E-state index >= 15 is 0 Å². The molecule has 100 valence electrons. The summed E-state index contributed by atoms with van der Waals surface area (Å²) in [5.41, 5.74) is 8.29. The number of nitrogens with one attached hydrogen (secondary N) is 1. The molecule has 19 heavy (non-hydrogen) atoms. The Labute approximate surface area is 112 Å². The van der Waals surface area contributed by atoms with E-state index in [1.54, 1.807) is 7.05 Å². The Balaban J connectivity index is 2.30. The first kappa shape index (κ1) is 13.1. The molecule has 0 radical (unpaired) electrons. The van der Waals surface area contributed by atoms with Crippen molar-refractivity contribution in [1.82, 2.24) is 10.2 Å². The second kappa shape index (κ2) is 5.14. The summed E-state index contributed by atoms with van der Waals surface area (Å²) in [4.78, 5) is 13.9. The lowest BCUT2D eigenvalue weighted by molar-refractivity contribution is 0.0989. The van der Waals surface area contributed by atoms with Gasteiger partial charge in [0.05, 0.1) is 11.4 Å². The van der Waals surface area contributed by atoms with E-state index in [4.69, 9.17) is 5.73 Å². The van der Waals surface area contributed by atoms with Gasteiger partial charge in [-0.15, -0.1) is 0 Å².